The van der Waals surface area contributed by atoms with Crippen LogP contribution in [0.2, 0.25) is 0 Å². The van der Waals surface area contributed by atoms with Gasteiger partial charge in [0.1, 0.15) is 17.6 Å². The van der Waals surface area contributed by atoms with Crippen LogP contribution in [0, 0.1) is 11.7 Å². The van der Waals surface area contributed by atoms with Crippen LogP contribution in [0.15, 0.2) is 54.6 Å². The van der Waals surface area contributed by atoms with Crippen molar-refractivity contribution in [3.8, 4) is 0 Å². The van der Waals surface area contributed by atoms with Gasteiger partial charge in [0.05, 0.1) is 19.1 Å². The second-order valence-corrected chi connectivity index (χ2v) is 10.5. The molecule has 0 aliphatic carbocycles. The Bertz CT molecular complexity index is 1250. The average molecular weight is 552 g/mol. The fourth-order valence-electron chi connectivity index (χ4n) is 5.95. The van der Waals surface area contributed by atoms with E-state index in [-0.39, 0.29) is 43.4 Å². The first-order valence-electron chi connectivity index (χ1n) is 13.9. The molecule has 0 saturated carbocycles. The van der Waals surface area contributed by atoms with E-state index in [0.29, 0.717) is 56.4 Å². The fourth-order valence-corrected chi connectivity index (χ4v) is 5.95. The summed E-state index contributed by atoms with van der Waals surface area (Å²) in [5, 5.41) is 0. The predicted octanol–water partition coefficient (Wildman–Crippen LogP) is 3.10. The van der Waals surface area contributed by atoms with Gasteiger partial charge in [-0.3, -0.25) is 24.1 Å². The van der Waals surface area contributed by atoms with Gasteiger partial charge < -0.3 is 19.3 Å². The van der Waals surface area contributed by atoms with Crippen LogP contribution in [-0.4, -0.2) is 89.6 Å². The van der Waals surface area contributed by atoms with Gasteiger partial charge >= 0.3 is 5.97 Å². The van der Waals surface area contributed by atoms with Crippen molar-refractivity contribution in [2.24, 2.45) is 5.92 Å². The standard InChI is InChI=1S/C30H34FN3O6/c1-2-39-29(38)23-9-6-16-33(19-23)28(37)25-20-40-30(34(25)27(36)21-7-4-3-5-8-21)14-17-32(18-15-30)26(35)22-10-12-24(31)13-11-22/h3-5,7-8,10-13,23,25H,2,6,9,14-20H2,1H3/t23-,25+/m1/s1. The number of halogens is 1. The largest absolute Gasteiger partial charge is 0.466 e. The van der Waals surface area contributed by atoms with Crippen molar-refractivity contribution in [2.45, 2.75) is 44.4 Å². The first-order chi connectivity index (χ1) is 19.3. The van der Waals surface area contributed by atoms with Gasteiger partial charge in [0, 0.05) is 50.1 Å². The molecule has 40 heavy (non-hydrogen) atoms. The zero-order chi connectivity index (χ0) is 28.3. The Morgan fingerprint density at radius 3 is 2.27 bits per heavy atom. The van der Waals surface area contributed by atoms with E-state index in [9.17, 15) is 23.6 Å². The third kappa shape index (κ3) is 5.45. The van der Waals surface area contributed by atoms with Crippen LogP contribution in [0.4, 0.5) is 4.39 Å². The maximum Gasteiger partial charge on any atom is 0.310 e. The van der Waals surface area contributed by atoms with Gasteiger partial charge in [-0.2, -0.15) is 0 Å². The van der Waals surface area contributed by atoms with Crippen LogP contribution < -0.4 is 0 Å². The van der Waals surface area contributed by atoms with E-state index in [1.807, 2.05) is 6.07 Å². The number of rotatable bonds is 5. The van der Waals surface area contributed by atoms with Crippen LogP contribution in [0.25, 0.3) is 0 Å². The molecule has 2 aromatic carbocycles. The molecule has 3 aliphatic heterocycles. The lowest BCUT2D eigenvalue weighted by atomic mass is 9.95. The molecule has 0 aromatic heterocycles. The van der Waals surface area contributed by atoms with Crippen LogP contribution >= 0.6 is 0 Å². The third-order valence-electron chi connectivity index (χ3n) is 8.06. The molecule has 0 bridgehead atoms. The zero-order valence-electron chi connectivity index (χ0n) is 22.6. The van der Waals surface area contributed by atoms with Gasteiger partial charge in [-0.1, -0.05) is 18.2 Å². The predicted molar refractivity (Wildman–Crippen MR) is 143 cm³/mol. The number of nitrogens with zero attached hydrogens (tertiary/aromatic N) is 3. The number of carbonyl (C=O) groups excluding carboxylic acids is 4. The van der Waals surface area contributed by atoms with Crippen molar-refractivity contribution in [3.63, 3.8) is 0 Å². The molecule has 212 valence electrons. The number of carbonyl (C=O) groups is 4. The molecule has 3 fully saturated rings. The highest BCUT2D eigenvalue weighted by Crippen LogP contribution is 2.39. The van der Waals surface area contributed by atoms with Crippen molar-refractivity contribution in [2.75, 3.05) is 39.4 Å². The van der Waals surface area contributed by atoms with E-state index in [4.69, 9.17) is 9.47 Å². The summed E-state index contributed by atoms with van der Waals surface area (Å²) in [7, 11) is 0. The molecule has 9 nitrogen and oxygen atoms in total. The molecule has 0 unspecified atom stereocenters. The van der Waals surface area contributed by atoms with Crippen LogP contribution in [0.1, 0.15) is 53.3 Å². The Morgan fingerprint density at radius 1 is 0.925 bits per heavy atom. The molecule has 3 aliphatic rings. The molecule has 1 spiro atoms. The topological polar surface area (TPSA) is 96.5 Å². The van der Waals surface area contributed by atoms with Gasteiger partial charge in [-0.05, 0) is 56.2 Å². The van der Waals surface area contributed by atoms with Gasteiger partial charge in [-0.15, -0.1) is 0 Å². The molecule has 0 radical (unpaired) electrons. The minimum atomic E-state index is -1.05. The number of ether oxygens (including phenoxy) is 2. The number of hydrogen-bond donors (Lipinski definition) is 0. The SMILES string of the molecule is CCOC(=O)[C@@H]1CCCN(C(=O)[C@@H]2COC3(CCN(C(=O)c4ccc(F)cc4)CC3)N2C(=O)c2ccccc2)C1. The smallest absolute Gasteiger partial charge is 0.310 e. The van der Waals surface area contributed by atoms with Gasteiger partial charge in [-0.25, -0.2) is 4.39 Å². The van der Waals surface area contributed by atoms with E-state index in [2.05, 4.69) is 0 Å². The third-order valence-corrected chi connectivity index (χ3v) is 8.06. The molecular formula is C30H34FN3O6. The maximum atomic E-state index is 13.9. The number of piperidine rings is 2. The van der Waals surface area contributed by atoms with Crippen molar-refractivity contribution < 1.29 is 33.0 Å². The molecule has 3 amide bonds. The number of benzene rings is 2. The number of likely N-dealkylation sites (tertiary alicyclic amines) is 2. The van der Waals surface area contributed by atoms with Gasteiger partial charge in [0.15, 0.2) is 0 Å². The molecule has 2 aromatic rings. The summed E-state index contributed by atoms with van der Waals surface area (Å²) in [6, 6.07) is 13.3. The molecule has 10 heteroatoms. The Labute approximate surface area is 232 Å². The first kappa shape index (κ1) is 27.8. The lowest BCUT2D eigenvalue weighted by Gasteiger charge is -2.45. The van der Waals surface area contributed by atoms with Gasteiger partial charge in [0.25, 0.3) is 11.8 Å². The summed E-state index contributed by atoms with van der Waals surface area (Å²) >= 11 is 0. The zero-order valence-corrected chi connectivity index (χ0v) is 22.6. The Balaban J connectivity index is 1.36. The summed E-state index contributed by atoms with van der Waals surface area (Å²) in [6.45, 7) is 3.42. The Kier molecular flexibility index (Phi) is 8.16. The minimum absolute atomic E-state index is 0.0316. The Morgan fingerprint density at radius 2 is 1.60 bits per heavy atom. The van der Waals surface area contributed by atoms with Crippen molar-refractivity contribution in [1.29, 1.82) is 0 Å². The van der Waals surface area contributed by atoms with Crippen molar-refractivity contribution in [1.82, 2.24) is 14.7 Å². The lowest BCUT2D eigenvalue weighted by Crippen LogP contribution is -2.60. The highest BCUT2D eigenvalue weighted by molar-refractivity contribution is 5.99. The van der Waals surface area contributed by atoms with Crippen molar-refractivity contribution in [3.05, 3.63) is 71.5 Å². The fraction of sp³-hybridized carbons (Fsp3) is 0.467. The highest BCUT2D eigenvalue weighted by atomic mass is 19.1. The molecule has 3 saturated heterocycles. The molecule has 2 atom stereocenters. The highest BCUT2D eigenvalue weighted by Gasteiger charge is 2.55. The van der Waals surface area contributed by atoms with E-state index in [0.717, 1.165) is 0 Å². The molecule has 0 N–H and O–H groups in total. The van der Waals surface area contributed by atoms with Crippen LogP contribution in [0.5, 0.6) is 0 Å². The van der Waals surface area contributed by atoms with E-state index in [1.54, 1.807) is 45.9 Å². The normalized spacial score (nSPS) is 22.3. The second kappa shape index (κ2) is 11.8. The maximum absolute atomic E-state index is 13.9. The molecule has 5 rings (SSSR count). The summed E-state index contributed by atoms with van der Waals surface area (Å²) in [5.41, 5.74) is -0.224. The molecule has 3 heterocycles. The number of esters is 1. The number of hydrogen-bond acceptors (Lipinski definition) is 6. The summed E-state index contributed by atoms with van der Waals surface area (Å²) in [4.78, 5) is 58.1. The van der Waals surface area contributed by atoms with Crippen molar-refractivity contribution >= 4 is 23.7 Å². The van der Waals surface area contributed by atoms with Gasteiger partial charge in [0.2, 0.25) is 5.91 Å². The Hall–Kier alpha value is -3.79. The first-order valence-corrected chi connectivity index (χ1v) is 13.9. The molecular weight excluding hydrogens is 517 g/mol. The monoisotopic (exact) mass is 551 g/mol. The van der Waals surface area contributed by atoms with E-state index < -0.39 is 23.5 Å². The van der Waals surface area contributed by atoms with E-state index in [1.165, 1.54) is 24.3 Å². The lowest BCUT2D eigenvalue weighted by molar-refractivity contribution is -0.152. The quantitative estimate of drug-likeness (QED) is 0.530. The number of amides is 3. The van der Waals surface area contributed by atoms with Crippen LogP contribution in [-0.2, 0) is 19.1 Å². The summed E-state index contributed by atoms with van der Waals surface area (Å²) in [5.74, 6) is -1.91. The van der Waals surface area contributed by atoms with Crippen LogP contribution in [0.3, 0.4) is 0 Å². The average Bonchev–Trinajstić information content (AvgIpc) is 3.35. The summed E-state index contributed by atoms with van der Waals surface area (Å²) < 4.78 is 24.8. The second-order valence-electron chi connectivity index (χ2n) is 10.5. The van der Waals surface area contributed by atoms with E-state index >= 15 is 0 Å². The minimum Gasteiger partial charge on any atom is -0.466 e. The summed E-state index contributed by atoms with van der Waals surface area (Å²) in [6.07, 6.45) is 1.97.